The molecule has 1 amide bonds. The van der Waals surface area contributed by atoms with E-state index in [0.717, 1.165) is 5.75 Å². The van der Waals surface area contributed by atoms with E-state index in [4.69, 9.17) is 25.8 Å². The highest BCUT2D eigenvalue weighted by Crippen LogP contribution is 2.37. The average molecular weight is 428 g/mol. The van der Waals surface area contributed by atoms with Crippen LogP contribution in [0.1, 0.15) is 26.3 Å². The Morgan fingerprint density at radius 3 is 2.79 bits per heavy atom. The van der Waals surface area contributed by atoms with Gasteiger partial charge in [-0.3, -0.25) is 4.79 Å². The predicted octanol–water partition coefficient (Wildman–Crippen LogP) is 3.66. The normalized spacial score (nSPS) is 17.1. The van der Waals surface area contributed by atoms with E-state index >= 15 is 0 Å². The highest BCUT2D eigenvalue weighted by Gasteiger charge is 2.32. The van der Waals surface area contributed by atoms with Gasteiger partial charge in [0.05, 0.1) is 24.8 Å². The van der Waals surface area contributed by atoms with Gasteiger partial charge in [0.15, 0.2) is 11.5 Å². The molecule has 0 aromatic heterocycles. The van der Waals surface area contributed by atoms with Crippen LogP contribution in [0.3, 0.4) is 0 Å². The zero-order valence-corrected chi connectivity index (χ0v) is 18.1. The maximum Gasteiger partial charge on any atom is 0.329 e. The van der Waals surface area contributed by atoms with E-state index in [1.54, 1.807) is 41.8 Å². The second-order valence-electron chi connectivity index (χ2n) is 6.41. The lowest BCUT2D eigenvalue weighted by molar-refractivity contribution is -0.152. The number of methoxy groups -OCH3 is 1. The van der Waals surface area contributed by atoms with Crippen molar-refractivity contribution in [1.82, 2.24) is 4.90 Å². The summed E-state index contributed by atoms with van der Waals surface area (Å²) in [5.41, 5.74) is 0.699. The Bertz CT molecular complexity index is 738. The van der Waals surface area contributed by atoms with Gasteiger partial charge < -0.3 is 19.1 Å². The van der Waals surface area contributed by atoms with Crippen LogP contribution in [0.15, 0.2) is 18.2 Å². The molecule has 28 heavy (non-hydrogen) atoms. The van der Waals surface area contributed by atoms with E-state index in [2.05, 4.69) is 0 Å². The number of hydrogen-bond donors (Lipinski definition) is 0. The fourth-order valence-corrected chi connectivity index (χ4v) is 4.05. The van der Waals surface area contributed by atoms with E-state index in [1.165, 1.54) is 13.2 Å². The number of amides is 1. The fourth-order valence-electron chi connectivity index (χ4n) is 2.75. The summed E-state index contributed by atoms with van der Waals surface area (Å²) in [6.45, 7) is 6.35. The molecule has 1 heterocycles. The molecule has 1 unspecified atom stereocenters. The lowest BCUT2D eigenvalue weighted by Gasteiger charge is -2.32. The molecule has 1 fully saturated rings. The SMILES string of the molecule is CCOC(=O)C1CSCCN1C(=O)C=Cc1cc(Cl)c(OC(C)C)c(OC)c1. The van der Waals surface area contributed by atoms with Gasteiger partial charge in [0.2, 0.25) is 5.91 Å². The van der Waals surface area contributed by atoms with Crippen molar-refractivity contribution < 1.29 is 23.8 Å². The first-order valence-electron chi connectivity index (χ1n) is 9.14. The molecular formula is C20H26ClNO5S. The van der Waals surface area contributed by atoms with Crippen molar-refractivity contribution in [3.63, 3.8) is 0 Å². The molecule has 1 aromatic carbocycles. The van der Waals surface area contributed by atoms with E-state index < -0.39 is 6.04 Å². The number of carbonyl (C=O) groups excluding carboxylic acids is 2. The summed E-state index contributed by atoms with van der Waals surface area (Å²) in [7, 11) is 1.53. The van der Waals surface area contributed by atoms with Crippen LogP contribution in [-0.4, -0.2) is 60.7 Å². The molecule has 8 heteroatoms. The maximum absolute atomic E-state index is 12.7. The fraction of sp³-hybridized carbons (Fsp3) is 0.500. The average Bonchev–Trinajstić information content (AvgIpc) is 2.67. The molecule has 6 nitrogen and oxygen atoms in total. The number of nitrogens with zero attached hydrogens (tertiary/aromatic N) is 1. The van der Waals surface area contributed by atoms with Gasteiger partial charge in [-0.05, 0) is 44.5 Å². The number of benzene rings is 1. The minimum absolute atomic E-state index is 0.0499. The molecule has 0 aliphatic carbocycles. The van der Waals surface area contributed by atoms with Crippen LogP contribution in [0.2, 0.25) is 5.02 Å². The maximum atomic E-state index is 12.7. The first kappa shape index (κ1) is 22.4. The summed E-state index contributed by atoms with van der Waals surface area (Å²) in [6.07, 6.45) is 3.04. The third kappa shape index (κ3) is 5.82. The van der Waals surface area contributed by atoms with E-state index in [0.29, 0.717) is 41.0 Å². The van der Waals surface area contributed by atoms with Crippen LogP contribution in [0.4, 0.5) is 0 Å². The number of carbonyl (C=O) groups is 2. The Kier molecular flexibility index (Phi) is 8.51. The van der Waals surface area contributed by atoms with E-state index in [1.807, 2.05) is 13.8 Å². The van der Waals surface area contributed by atoms with Crippen LogP contribution in [0, 0.1) is 0 Å². The Morgan fingerprint density at radius 1 is 1.39 bits per heavy atom. The molecule has 154 valence electrons. The van der Waals surface area contributed by atoms with Crippen LogP contribution in [-0.2, 0) is 14.3 Å². The van der Waals surface area contributed by atoms with Crippen molar-refractivity contribution >= 4 is 41.3 Å². The highest BCUT2D eigenvalue weighted by molar-refractivity contribution is 7.99. The summed E-state index contributed by atoms with van der Waals surface area (Å²) >= 11 is 7.96. The molecular weight excluding hydrogens is 402 g/mol. The first-order chi connectivity index (χ1) is 13.4. The minimum Gasteiger partial charge on any atom is -0.493 e. The van der Waals surface area contributed by atoms with Gasteiger partial charge in [-0.1, -0.05) is 11.6 Å². The van der Waals surface area contributed by atoms with Gasteiger partial charge in [0.1, 0.15) is 6.04 Å². The molecule has 0 saturated carbocycles. The van der Waals surface area contributed by atoms with Crippen molar-refractivity contribution in [2.24, 2.45) is 0 Å². The van der Waals surface area contributed by atoms with E-state index in [-0.39, 0.29) is 18.0 Å². The van der Waals surface area contributed by atoms with Crippen LogP contribution < -0.4 is 9.47 Å². The second kappa shape index (κ2) is 10.6. The largest absolute Gasteiger partial charge is 0.493 e. The summed E-state index contributed by atoms with van der Waals surface area (Å²) < 4.78 is 16.2. The Labute approximate surface area is 175 Å². The predicted molar refractivity (Wildman–Crippen MR) is 112 cm³/mol. The summed E-state index contributed by atoms with van der Waals surface area (Å²) in [5.74, 6) is 1.69. The van der Waals surface area contributed by atoms with Crippen molar-refractivity contribution in [1.29, 1.82) is 0 Å². The Morgan fingerprint density at radius 2 is 2.14 bits per heavy atom. The van der Waals surface area contributed by atoms with Gasteiger partial charge in [-0.25, -0.2) is 4.79 Å². The number of rotatable bonds is 7. The van der Waals surface area contributed by atoms with Crippen molar-refractivity contribution in [2.75, 3.05) is 31.8 Å². The summed E-state index contributed by atoms with van der Waals surface area (Å²) in [5, 5.41) is 0.402. The van der Waals surface area contributed by atoms with Crippen molar-refractivity contribution in [3.05, 3.63) is 28.8 Å². The van der Waals surface area contributed by atoms with Gasteiger partial charge in [0.25, 0.3) is 0 Å². The highest BCUT2D eigenvalue weighted by atomic mass is 35.5. The minimum atomic E-state index is -0.559. The summed E-state index contributed by atoms with van der Waals surface area (Å²) in [6, 6.07) is 2.90. The number of thioether (sulfide) groups is 1. The molecule has 1 aliphatic heterocycles. The topological polar surface area (TPSA) is 65.1 Å². The molecule has 0 N–H and O–H groups in total. The van der Waals surface area contributed by atoms with Crippen LogP contribution in [0.25, 0.3) is 6.08 Å². The van der Waals surface area contributed by atoms with E-state index in [9.17, 15) is 9.59 Å². The Balaban J connectivity index is 2.18. The van der Waals surface area contributed by atoms with Crippen molar-refractivity contribution in [3.8, 4) is 11.5 Å². The molecule has 1 aliphatic rings. The Hall–Kier alpha value is -1.86. The van der Waals surface area contributed by atoms with Crippen LogP contribution in [0.5, 0.6) is 11.5 Å². The molecule has 2 rings (SSSR count). The number of esters is 1. The zero-order valence-electron chi connectivity index (χ0n) is 16.6. The molecule has 1 aromatic rings. The standard InChI is InChI=1S/C20H26ClNO5S/c1-5-26-20(24)16-12-28-9-8-22(16)18(23)7-6-14-10-15(21)19(27-13(2)3)17(11-14)25-4/h6-7,10-11,13,16H,5,8-9,12H2,1-4H3. The lowest BCUT2D eigenvalue weighted by Crippen LogP contribution is -2.50. The number of halogens is 1. The molecule has 0 spiro atoms. The van der Waals surface area contributed by atoms with Crippen LogP contribution >= 0.6 is 23.4 Å². The van der Waals surface area contributed by atoms with Gasteiger partial charge >= 0.3 is 5.97 Å². The molecule has 0 radical (unpaired) electrons. The number of ether oxygens (including phenoxy) is 3. The molecule has 1 atom stereocenters. The van der Waals surface area contributed by atoms with Gasteiger partial charge in [0, 0.05) is 24.1 Å². The quantitative estimate of drug-likeness (QED) is 0.488. The lowest BCUT2D eigenvalue weighted by atomic mass is 10.1. The third-order valence-corrected chi connectivity index (χ3v) is 5.30. The van der Waals surface area contributed by atoms with Crippen molar-refractivity contribution in [2.45, 2.75) is 32.9 Å². The molecule has 1 saturated heterocycles. The molecule has 0 bridgehead atoms. The van der Waals surface area contributed by atoms with Gasteiger partial charge in [-0.15, -0.1) is 0 Å². The monoisotopic (exact) mass is 427 g/mol. The third-order valence-electron chi connectivity index (χ3n) is 3.99. The number of hydrogen-bond acceptors (Lipinski definition) is 6. The zero-order chi connectivity index (χ0) is 20.7. The summed E-state index contributed by atoms with van der Waals surface area (Å²) in [4.78, 5) is 26.4. The second-order valence-corrected chi connectivity index (χ2v) is 7.97. The van der Waals surface area contributed by atoms with Gasteiger partial charge in [-0.2, -0.15) is 11.8 Å². The first-order valence-corrected chi connectivity index (χ1v) is 10.7. The smallest absolute Gasteiger partial charge is 0.329 e.